The van der Waals surface area contributed by atoms with E-state index in [9.17, 15) is 4.79 Å². The molecule has 0 heterocycles. The first-order valence-electron chi connectivity index (χ1n) is 6.10. The Hall–Kier alpha value is -2.37. The molecule has 1 rings (SSSR count). The molecule has 0 aromatic heterocycles. The number of benzene rings is 1. The molecule has 0 saturated heterocycles. The molecule has 1 aromatic rings. The summed E-state index contributed by atoms with van der Waals surface area (Å²) in [7, 11) is 4.68. The number of nitrogens with zero attached hydrogens (tertiary/aromatic N) is 3. The van der Waals surface area contributed by atoms with Gasteiger partial charge in [-0.15, -0.1) is 0 Å². The first-order chi connectivity index (χ1) is 9.56. The molecule has 0 atom stereocenters. The summed E-state index contributed by atoms with van der Waals surface area (Å²) in [4.78, 5) is 23.3. The minimum absolute atomic E-state index is 0.118. The summed E-state index contributed by atoms with van der Waals surface area (Å²) < 4.78 is 0. The van der Waals surface area contributed by atoms with Crippen molar-refractivity contribution in [3.05, 3.63) is 35.9 Å². The van der Waals surface area contributed by atoms with E-state index < -0.39 is 0 Å². The van der Waals surface area contributed by atoms with Gasteiger partial charge < -0.3 is 14.6 Å². The average molecular weight is 277 g/mol. The van der Waals surface area contributed by atoms with Crippen LogP contribution in [0.15, 0.2) is 40.6 Å². The van der Waals surface area contributed by atoms with Crippen molar-refractivity contribution in [1.82, 2.24) is 4.90 Å². The van der Waals surface area contributed by atoms with E-state index in [1.165, 1.54) is 12.0 Å². The molecule has 6 heteroatoms. The summed E-state index contributed by atoms with van der Waals surface area (Å²) in [6.07, 6.45) is 0. The monoisotopic (exact) mass is 277 g/mol. The Bertz CT molecular complexity index is 496. The third-order valence-electron chi connectivity index (χ3n) is 2.41. The standard InChI is InChI=1S/C14H19N3O3/c1-11(15-19-4)13(14(18)17(2)3)16-20-10-12-8-6-5-7-9-12/h5-9H,10H2,1-4H3/b15-11+,16-13-. The first-order valence-corrected chi connectivity index (χ1v) is 6.10. The van der Waals surface area contributed by atoms with Crippen LogP contribution >= 0.6 is 0 Å². The zero-order valence-electron chi connectivity index (χ0n) is 12.2. The molecule has 0 radical (unpaired) electrons. The molecular weight excluding hydrogens is 258 g/mol. The van der Waals surface area contributed by atoms with Gasteiger partial charge in [-0.05, 0) is 12.5 Å². The van der Waals surface area contributed by atoms with Gasteiger partial charge >= 0.3 is 0 Å². The fourth-order valence-electron chi connectivity index (χ4n) is 1.40. The number of carbonyl (C=O) groups excluding carboxylic acids is 1. The van der Waals surface area contributed by atoms with E-state index in [2.05, 4.69) is 15.1 Å². The lowest BCUT2D eigenvalue weighted by atomic mass is 10.2. The average Bonchev–Trinajstić information content (AvgIpc) is 2.44. The van der Waals surface area contributed by atoms with Crippen molar-refractivity contribution in [2.45, 2.75) is 13.5 Å². The Kier molecular flexibility index (Phi) is 6.22. The smallest absolute Gasteiger partial charge is 0.277 e. The SMILES string of the molecule is CO/N=C(C)/C(=N/OCc1ccccc1)C(=O)N(C)C. The van der Waals surface area contributed by atoms with Gasteiger partial charge in [0.15, 0.2) is 5.71 Å². The molecule has 20 heavy (non-hydrogen) atoms. The van der Waals surface area contributed by atoms with Crippen LogP contribution in [-0.4, -0.2) is 43.4 Å². The number of rotatable bonds is 6. The molecule has 1 amide bonds. The van der Waals surface area contributed by atoms with Crippen LogP contribution in [-0.2, 0) is 21.1 Å². The molecule has 1 aromatic carbocycles. The minimum Gasteiger partial charge on any atom is -0.399 e. The highest BCUT2D eigenvalue weighted by Gasteiger charge is 2.18. The molecular formula is C14H19N3O3. The zero-order valence-corrected chi connectivity index (χ0v) is 12.2. The summed E-state index contributed by atoms with van der Waals surface area (Å²) in [5, 5.41) is 7.59. The van der Waals surface area contributed by atoms with Gasteiger partial charge in [-0.3, -0.25) is 4.79 Å². The summed E-state index contributed by atoms with van der Waals surface area (Å²) in [5.41, 5.74) is 1.45. The number of amides is 1. The fraction of sp³-hybridized carbons (Fsp3) is 0.357. The van der Waals surface area contributed by atoms with Crippen LogP contribution in [0.4, 0.5) is 0 Å². The van der Waals surface area contributed by atoms with Gasteiger partial charge in [0.1, 0.15) is 19.4 Å². The molecule has 0 bridgehead atoms. The van der Waals surface area contributed by atoms with E-state index in [-0.39, 0.29) is 18.2 Å². The maximum Gasteiger partial charge on any atom is 0.277 e. The first kappa shape index (κ1) is 15.7. The maximum atomic E-state index is 12.0. The number of carbonyl (C=O) groups is 1. The Labute approximate surface area is 118 Å². The normalized spacial score (nSPS) is 12.0. The van der Waals surface area contributed by atoms with Crippen molar-refractivity contribution in [3.63, 3.8) is 0 Å². The largest absolute Gasteiger partial charge is 0.399 e. The van der Waals surface area contributed by atoms with Crippen LogP contribution in [0.2, 0.25) is 0 Å². The lowest BCUT2D eigenvalue weighted by molar-refractivity contribution is -0.121. The predicted molar refractivity (Wildman–Crippen MR) is 77.5 cm³/mol. The van der Waals surface area contributed by atoms with E-state index in [0.29, 0.717) is 5.71 Å². The lowest BCUT2D eigenvalue weighted by Gasteiger charge is -2.11. The Balaban J connectivity index is 2.80. The van der Waals surface area contributed by atoms with Crippen LogP contribution in [0.1, 0.15) is 12.5 Å². The van der Waals surface area contributed by atoms with Gasteiger partial charge in [-0.2, -0.15) is 0 Å². The number of oxime groups is 2. The van der Waals surface area contributed by atoms with E-state index in [1.807, 2.05) is 30.3 Å². The Morgan fingerprint density at radius 2 is 1.85 bits per heavy atom. The maximum absolute atomic E-state index is 12.0. The zero-order chi connectivity index (χ0) is 15.0. The van der Waals surface area contributed by atoms with E-state index in [4.69, 9.17) is 4.84 Å². The fourth-order valence-corrected chi connectivity index (χ4v) is 1.40. The molecule has 0 aliphatic heterocycles. The molecule has 0 spiro atoms. The number of hydrogen-bond donors (Lipinski definition) is 0. The van der Waals surface area contributed by atoms with Crippen LogP contribution < -0.4 is 0 Å². The van der Waals surface area contributed by atoms with Gasteiger partial charge in [0.05, 0.1) is 0 Å². The summed E-state index contributed by atoms with van der Waals surface area (Å²) in [6.45, 7) is 1.92. The second-order valence-corrected chi connectivity index (χ2v) is 4.26. The highest BCUT2D eigenvalue weighted by atomic mass is 16.6. The van der Waals surface area contributed by atoms with Gasteiger partial charge in [-0.1, -0.05) is 40.6 Å². The van der Waals surface area contributed by atoms with Crippen LogP contribution in [0, 0.1) is 0 Å². The van der Waals surface area contributed by atoms with Crippen LogP contribution in [0.3, 0.4) is 0 Å². The summed E-state index contributed by atoms with van der Waals surface area (Å²) >= 11 is 0. The van der Waals surface area contributed by atoms with E-state index >= 15 is 0 Å². The van der Waals surface area contributed by atoms with Gasteiger partial charge in [-0.25, -0.2) is 0 Å². The van der Waals surface area contributed by atoms with Crippen molar-refractivity contribution in [1.29, 1.82) is 0 Å². The minimum atomic E-state index is -0.295. The van der Waals surface area contributed by atoms with Crippen LogP contribution in [0.25, 0.3) is 0 Å². The second kappa shape index (κ2) is 7.93. The van der Waals surface area contributed by atoms with E-state index in [1.54, 1.807) is 21.0 Å². The third-order valence-corrected chi connectivity index (χ3v) is 2.41. The quantitative estimate of drug-likeness (QED) is 0.587. The highest BCUT2D eigenvalue weighted by molar-refractivity contribution is 6.66. The summed E-state index contributed by atoms with van der Waals surface area (Å²) in [5.74, 6) is -0.295. The molecule has 0 fully saturated rings. The molecule has 0 aliphatic carbocycles. The van der Waals surface area contributed by atoms with Crippen molar-refractivity contribution in [2.24, 2.45) is 10.3 Å². The number of hydrogen-bond acceptors (Lipinski definition) is 5. The molecule has 108 valence electrons. The molecule has 0 unspecified atom stereocenters. The lowest BCUT2D eigenvalue weighted by Crippen LogP contribution is -2.34. The van der Waals surface area contributed by atoms with Crippen molar-refractivity contribution < 1.29 is 14.5 Å². The Morgan fingerprint density at radius 1 is 1.20 bits per heavy atom. The molecule has 6 nitrogen and oxygen atoms in total. The van der Waals surface area contributed by atoms with Gasteiger partial charge in [0, 0.05) is 14.1 Å². The molecule has 0 N–H and O–H groups in total. The highest BCUT2D eigenvalue weighted by Crippen LogP contribution is 2.02. The van der Waals surface area contributed by atoms with Gasteiger partial charge in [0.2, 0.25) is 0 Å². The third kappa shape index (κ3) is 4.72. The van der Waals surface area contributed by atoms with Crippen molar-refractivity contribution >= 4 is 17.3 Å². The summed E-state index contributed by atoms with van der Waals surface area (Å²) in [6, 6.07) is 9.57. The molecule has 0 aliphatic rings. The van der Waals surface area contributed by atoms with Crippen molar-refractivity contribution in [3.8, 4) is 0 Å². The van der Waals surface area contributed by atoms with E-state index in [0.717, 1.165) is 5.56 Å². The van der Waals surface area contributed by atoms with Crippen molar-refractivity contribution in [2.75, 3.05) is 21.2 Å². The predicted octanol–water partition coefficient (Wildman–Crippen LogP) is 1.67. The Morgan fingerprint density at radius 3 is 2.40 bits per heavy atom. The topological polar surface area (TPSA) is 63.5 Å². The van der Waals surface area contributed by atoms with Gasteiger partial charge in [0.25, 0.3) is 5.91 Å². The molecule has 0 saturated carbocycles. The second-order valence-electron chi connectivity index (χ2n) is 4.26. The van der Waals surface area contributed by atoms with Crippen LogP contribution in [0.5, 0.6) is 0 Å².